The number of carboxylic acids is 2. The smallest absolute Gasteiger partial charge is 0.308 e. The Hall–Kier alpha value is -0.576. The van der Waals surface area contributed by atoms with Crippen molar-refractivity contribution in [2.45, 2.75) is 76.2 Å². The quantitative estimate of drug-likeness (QED) is 0.464. The third kappa shape index (κ3) is 12.7. The van der Waals surface area contributed by atoms with Crippen LogP contribution in [-0.2, 0) is 31.3 Å². The number of hydrogen-bond acceptors (Lipinski definition) is 2. The summed E-state index contributed by atoms with van der Waals surface area (Å²) in [5, 5.41) is 16.5. The molecule has 0 aliphatic heterocycles. The molecule has 0 amide bonds. The van der Waals surface area contributed by atoms with E-state index in [9.17, 15) is 9.59 Å². The van der Waals surface area contributed by atoms with Gasteiger partial charge in [0.05, 0.1) is 10.8 Å². The fourth-order valence-electron chi connectivity index (χ4n) is 1.41. The molecular weight excluding hydrogens is 388 g/mol. The maximum atomic E-state index is 10.0. The zero-order valence-electron chi connectivity index (χ0n) is 18.1. The number of halogens is 1. The van der Waals surface area contributed by atoms with Crippen molar-refractivity contribution in [1.82, 2.24) is 0 Å². The van der Waals surface area contributed by atoms with E-state index in [0.29, 0.717) is 0 Å². The van der Waals surface area contributed by atoms with Gasteiger partial charge in [0, 0.05) is 21.7 Å². The normalized spacial score (nSPS) is 15.1. The molecule has 1 aliphatic carbocycles. The second kappa shape index (κ2) is 12.0. The number of hydrogen-bond donors (Lipinski definition) is 2. The molecule has 0 saturated carbocycles. The van der Waals surface area contributed by atoms with Crippen LogP contribution in [0.25, 0.3) is 0 Å². The van der Waals surface area contributed by atoms with Crippen LogP contribution in [0.4, 0.5) is 0 Å². The van der Waals surface area contributed by atoms with Gasteiger partial charge in [0.15, 0.2) is 0 Å². The molecular formula is C20H35ClO4Ti-2. The van der Waals surface area contributed by atoms with Crippen LogP contribution >= 0.6 is 0 Å². The summed E-state index contributed by atoms with van der Waals surface area (Å²) in [6, 6.07) is 0. The van der Waals surface area contributed by atoms with Crippen molar-refractivity contribution in [3.8, 4) is 0 Å². The molecule has 0 aromatic heterocycles. The van der Waals surface area contributed by atoms with Gasteiger partial charge in [0.1, 0.15) is 0 Å². The van der Waals surface area contributed by atoms with E-state index in [1.54, 1.807) is 41.5 Å². The minimum atomic E-state index is -0.757. The van der Waals surface area contributed by atoms with Crippen LogP contribution in [0.3, 0.4) is 0 Å². The number of allylic oxidation sites excluding steroid dienone is 4. The number of aliphatic carboxylic acids is 2. The molecule has 26 heavy (non-hydrogen) atoms. The summed E-state index contributed by atoms with van der Waals surface area (Å²) < 4.78 is 0. The molecule has 152 valence electrons. The van der Waals surface area contributed by atoms with Crippen LogP contribution in [0.5, 0.6) is 0 Å². The minimum absolute atomic E-state index is 0. The Balaban J connectivity index is -0.000000138. The first kappa shape index (κ1) is 33.0. The monoisotopic (exact) mass is 422 g/mol. The van der Waals surface area contributed by atoms with Crippen LogP contribution in [0.15, 0.2) is 16.7 Å². The first-order chi connectivity index (χ1) is 10.3. The molecule has 2 N–H and O–H groups in total. The first-order valence-electron chi connectivity index (χ1n) is 8.11. The number of rotatable bonds is 0. The summed E-state index contributed by atoms with van der Waals surface area (Å²) in [5.74, 6) is -1.51. The molecule has 4 nitrogen and oxygen atoms in total. The van der Waals surface area contributed by atoms with E-state index in [1.807, 2.05) is 0 Å². The Labute approximate surface area is 180 Å². The van der Waals surface area contributed by atoms with Crippen molar-refractivity contribution in [2.24, 2.45) is 16.2 Å². The van der Waals surface area contributed by atoms with Gasteiger partial charge in [-0.1, -0.05) is 33.1 Å². The van der Waals surface area contributed by atoms with E-state index < -0.39 is 22.8 Å². The van der Waals surface area contributed by atoms with Gasteiger partial charge in [-0.15, -0.1) is 6.92 Å². The molecule has 0 aromatic rings. The minimum Gasteiger partial charge on any atom is -1.00 e. The molecule has 0 aromatic carbocycles. The van der Waals surface area contributed by atoms with Gasteiger partial charge < -0.3 is 22.6 Å². The molecule has 1 aliphatic rings. The average Bonchev–Trinajstić information content (AvgIpc) is 2.51. The second-order valence-electron chi connectivity index (χ2n) is 8.74. The molecule has 0 radical (unpaired) electrons. The fraction of sp³-hybridized carbons (Fsp3) is 0.700. The predicted octanol–water partition coefficient (Wildman–Crippen LogP) is 2.35. The molecule has 6 heteroatoms. The van der Waals surface area contributed by atoms with E-state index in [2.05, 4.69) is 40.7 Å². The largest absolute Gasteiger partial charge is 1.00 e. The van der Waals surface area contributed by atoms with Crippen LogP contribution < -0.4 is 12.4 Å². The molecule has 0 atom stereocenters. The average molecular weight is 423 g/mol. The summed E-state index contributed by atoms with van der Waals surface area (Å²) in [6.07, 6.45) is 3.44. The van der Waals surface area contributed by atoms with E-state index in [-0.39, 0.29) is 39.5 Å². The predicted molar refractivity (Wildman–Crippen MR) is 98.8 cm³/mol. The van der Waals surface area contributed by atoms with Crippen LogP contribution in [0.2, 0.25) is 0 Å². The fourth-order valence-corrected chi connectivity index (χ4v) is 1.41. The van der Waals surface area contributed by atoms with Crippen molar-refractivity contribution in [3.63, 3.8) is 0 Å². The summed E-state index contributed by atoms with van der Waals surface area (Å²) in [7, 11) is 0. The van der Waals surface area contributed by atoms with E-state index in [4.69, 9.17) is 10.2 Å². The van der Waals surface area contributed by atoms with E-state index >= 15 is 0 Å². The Bertz CT molecular complexity index is 509. The van der Waals surface area contributed by atoms with Gasteiger partial charge >= 0.3 is 11.9 Å². The van der Waals surface area contributed by atoms with E-state index in [1.165, 1.54) is 16.7 Å². The molecule has 0 spiro atoms. The third-order valence-electron chi connectivity index (χ3n) is 3.85. The molecule has 0 unspecified atom stereocenters. The van der Waals surface area contributed by atoms with Gasteiger partial charge in [-0.25, -0.2) is 5.57 Å². The van der Waals surface area contributed by atoms with Crippen LogP contribution in [0.1, 0.15) is 76.2 Å². The summed E-state index contributed by atoms with van der Waals surface area (Å²) >= 11 is 0. The number of carbonyl (C=O) groups is 2. The first-order valence-corrected chi connectivity index (χ1v) is 8.11. The maximum Gasteiger partial charge on any atom is 0.308 e. The van der Waals surface area contributed by atoms with Crippen LogP contribution in [0, 0.1) is 22.3 Å². The molecule has 0 fully saturated rings. The van der Waals surface area contributed by atoms with Crippen LogP contribution in [-0.4, -0.2) is 22.2 Å². The Morgan fingerprint density at radius 1 is 0.846 bits per heavy atom. The van der Waals surface area contributed by atoms with Crippen molar-refractivity contribution in [2.75, 3.05) is 0 Å². The standard InChI is InChI=1S/C10H15.2C5H10O2.ClH.Ti/c1-7-6-10(4,5)9(3)8(7)2;2*1-5(2,3)4(6)7;;/h1-5H3;2*1-3H3,(H,6,7);1H;/q-1;;;;/p-1. The Morgan fingerprint density at radius 2 is 1.08 bits per heavy atom. The molecule has 0 saturated heterocycles. The zero-order chi connectivity index (χ0) is 20.1. The van der Waals surface area contributed by atoms with Crippen molar-refractivity contribution in [3.05, 3.63) is 22.8 Å². The van der Waals surface area contributed by atoms with Crippen molar-refractivity contribution in [1.29, 1.82) is 0 Å². The van der Waals surface area contributed by atoms with Gasteiger partial charge in [-0.05, 0) is 41.5 Å². The van der Waals surface area contributed by atoms with Gasteiger partial charge in [0.2, 0.25) is 0 Å². The van der Waals surface area contributed by atoms with Gasteiger partial charge in [-0.3, -0.25) is 15.7 Å². The topological polar surface area (TPSA) is 74.6 Å². The van der Waals surface area contributed by atoms with E-state index in [0.717, 1.165) is 0 Å². The molecule has 0 bridgehead atoms. The van der Waals surface area contributed by atoms with Crippen molar-refractivity contribution < 1.29 is 53.9 Å². The zero-order valence-corrected chi connectivity index (χ0v) is 20.4. The third-order valence-corrected chi connectivity index (χ3v) is 3.85. The summed E-state index contributed by atoms with van der Waals surface area (Å²) in [6.45, 7) is 20.9. The SMILES string of the molecule is CC(C)(C)C(=O)O.CC(C)(C)C(=O)O.CC1=[C-]C(C)(C)C(C)=C1C.[Cl-].[Ti]. The van der Waals surface area contributed by atoms with Gasteiger partial charge in [-0.2, -0.15) is 11.1 Å². The second-order valence-corrected chi connectivity index (χ2v) is 8.74. The Kier molecular flexibility index (Phi) is 15.2. The molecule has 1 rings (SSSR count). The van der Waals surface area contributed by atoms with Crippen molar-refractivity contribution >= 4 is 11.9 Å². The maximum absolute atomic E-state index is 10.0. The summed E-state index contributed by atoms with van der Waals surface area (Å²) in [5.41, 5.74) is 3.23. The summed E-state index contributed by atoms with van der Waals surface area (Å²) in [4.78, 5) is 20.0. The van der Waals surface area contributed by atoms with Gasteiger partial charge in [0.25, 0.3) is 0 Å². The molecule has 0 heterocycles. The Morgan fingerprint density at radius 3 is 1.12 bits per heavy atom. The number of carboxylic acid groups (broad SMARTS) is 2.